The molecular weight excluding hydrogens is 754 g/mol. The number of carboxylic acid groups (broad SMARTS) is 3. The highest BCUT2D eigenvalue weighted by molar-refractivity contribution is 5.98. The van der Waals surface area contributed by atoms with Crippen molar-refractivity contribution >= 4 is 53.4 Å². The van der Waals surface area contributed by atoms with Crippen LogP contribution in [-0.2, 0) is 49.6 Å². The van der Waals surface area contributed by atoms with Gasteiger partial charge in [-0.15, -0.1) is 0 Å². The van der Waals surface area contributed by atoms with Gasteiger partial charge < -0.3 is 62.3 Å². The molecular formula is C36H51N7O14. The number of aliphatic hydroxyl groups is 1. The summed E-state index contributed by atoms with van der Waals surface area (Å²) in [5.41, 5.74) is 6.11. The van der Waals surface area contributed by atoms with Gasteiger partial charge in [-0.1, -0.05) is 26.0 Å². The molecule has 21 heteroatoms. The summed E-state index contributed by atoms with van der Waals surface area (Å²) in [6.45, 7) is 4.55. The Hall–Kier alpha value is -5.83. The Morgan fingerprint density at radius 2 is 1.23 bits per heavy atom. The molecule has 0 bridgehead atoms. The van der Waals surface area contributed by atoms with Crippen molar-refractivity contribution in [1.82, 2.24) is 31.1 Å². The van der Waals surface area contributed by atoms with Gasteiger partial charge in [-0.3, -0.25) is 38.4 Å². The number of carboxylic acids is 3. The van der Waals surface area contributed by atoms with Crippen LogP contribution in [0.3, 0.4) is 0 Å². The van der Waals surface area contributed by atoms with Gasteiger partial charge in [0.1, 0.15) is 42.0 Å². The lowest BCUT2D eigenvalue weighted by molar-refractivity contribution is -0.148. The topological polar surface area (TPSA) is 335 Å². The van der Waals surface area contributed by atoms with Gasteiger partial charge in [-0.25, -0.2) is 4.79 Å². The van der Waals surface area contributed by atoms with Crippen molar-refractivity contribution in [2.24, 2.45) is 11.7 Å². The van der Waals surface area contributed by atoms with Crippen LogP contribution in [0.5, 0.6) is 5.75 Å². The fraction of sp³-hybridized carbons (Fsp3) is 0.583. The molecule has 314 valence electrons. The minimum absolute atomic E-state index is 0.0465. The smallest absolute Gasteiger partial charge is 0.326 e. The highest BCUT2D eigenvalue weighted by Crippen LogP contribution is 2.23. The summed E-state index contributed by atoms with van der Waals surface area (Å²) in [6, 6.07) is -4.09. The molecule has 1 aromatic rings. The maximum atomic E-state index is 14.1. The molecule has 2 aliphatic rings. The first-order valence-corrected chi connectivity index (χ1v) is 18.4. The minimum Gasteiger partial charge on any atom is -0.508 e. The van der Waals surface area contributed by atoms with E-state index in [0.29, 0.717) is 18.4 Å². The summed E-state index contributed by atoms with van der Waals surface area (Å²) in [5, 5.41) is 57.4. The molecule has 11 N–H and O–H groups in total. The van der Waals surface area contributed by atoms with E-state index >= 15 is 0 Å². The third-order valence-electron chi connectivity index (χ3n) is 9.69. The molecule has 2 saturated heterocycles. The number of rotatable bonds is 19. The van der Waals surface area contributed by atoms with Gasteiger partial charge >= 0.3 is 17.9 Å². The maximum absolute atomic E-state index is 14.1. The number of hydrogen-bond donors (Lipinski definition) is 10. The van der Waals surface area contributed by atoms with E-state index in [1.54, 1.807) is 13.8 Å². The Kier molecular flexibility index (Phi) is 16.3. The number of aliphatic hydroxyl groups excluding tert-OH is 1. The van der Waals surface area contributed by atoms with Crippen molar-refractivity contribution in [3.63, 3.8) is 0 Å². The lowest BCUT2D eigenvalue weighted by atomic mass is 9.99. The molecule has 57 heavy (non-hydrogen) atoms. The second kappa shape index (κ2) is 20.4. The van der Waals surface area contributed by atoms with Gasteiger partial charge in [0.15, 0.2) is 0 Å². The number of likely N-dealkylation sites (tertiary alicyclic amines) is 2. The van der Waals surface area contributed by atoms with Crippen molar-refractivity contribution in [3.05, 3.63) is 29.8 Å². The second-order valence-corrected chi connectivity index (χ2v) is 14.5. The number of nitrogens with two attached hydrogens (primary N) is 1. The average Bonchev–Trinajstić information content (AvgIpc) is 3.83. The molecule has 1 aromatic carbocycles. The number of hydrogen-bond acceptors (Lipinski definition) is 12. The van der Waals surface area contributed by atoms with E-state index < -0.39 is 121 Å². The Morgan fingerprint density at radius 3 is 1.72 bits per heavy atom. The molecule has 0 spiro atoms. The van der Waals surface area contributed by atoms with E-state index in [1.807, 2.05) is 0 Å². The number of amides is 6. The van der Waals surface area contributed by atoms with Crippen molar-refractivity contribution < 1.29 is 68.7 Å². The van der Waals surface area contributed by atoms with Gasteiger partial charge in [-0.05, 0) is 56.2 Å². The largest absolute Gasteiger partial charge is 0.508 e. The molecule has 0 aromatic heterocycles. The normalized spacial score (nSPS) is 19.7. The van der Waals surface area contributed by atoms with Gasteiger partial charge in [-0.2, -0.15) is 0 Å². The van der Waals surface area contributed by atoms with Crippen LogP contribution in [0.2, 0.25) is 0 Å². The molecule has 2 heterocycles. The number of nitrogens with zero attached hydrogens (tertiary/aromatic N) is 2. The molecule has 2 aliphatic heterocycles. The van der Waals surface area contributed by atoms with Crippen LogP contribution in [0, 0.1) is 5.92 Å². The summed E-state index contributed by atoms with van der Waals surface area (Å²) < 4.78 is 0. The maximum Gasteiger partial charge on any atom is 0.326 e. The third-order valence-corrected chi connectivity index (χ3v) is 9.69. The highest BCUT2D eigenvalue weighted by atomic mass is 16.4. The Morgan fingerprint density at radius 1 is 0.702 bits per heavy atom. The molecule has 21 nitrogen and oxygen atoms in total. The van der Waals surface area contributed by atoms with Crippen LogP contribution >= 0.6 is 0 Å². The van der Waals surface area contributed by atoms with E-state index in [-0.39, 0.29) is 38.1 Å². The summed E-state index contributed by atoms with van der Waals surface area (Å²) in [7, 11) is 0. The number of nitrogens with one attached hydrogen (secondary N) is 4. The molecule has 0 aliphatic carbocycles. The van der Waals surface area contributed by atoms with Crippen LogP contribution in [0.4, 0.5) is 0 Å². The summed E-state index contributed by atoms with van der Waals surface area (Å²) >= 11 is 0. The lowest BCUT2D eigenvalue weighted by Crippen LogP contribution is -2.61. The van der Waals surface area contributed by atoms with E-state index in [2.05, 4.69) is 21.3 Å². The first-order valence-electron chi connectivity index (χ1n) is 18.4. The quantitative estimate of drug-likeness (QED) is 0.0678. The second-order valence-electron chi connectivity index (χ2n) is 14.5. The van der Waals surface area contributed by atoms with Gasteiger partial charge in [0.2, 0.25) is 35.4 Å². The number of aliphatic carboxylic acids is 3. The van der Waals surface area contributed by atoms with E-state index in [1.165, 1.54) is 31.2 Å². The molecule has 3 rings (SSSR count). The van der Waals surface area contributed by atoms with Crippen LogP contribution in [0.15, 0.2) is 24.3 Å². The average molecular weight is 806 g/mol. The van der Waals surface area contributed by atoms with Crippen LogP contribution in [-0.4, -0.2) is 150 Å². The van der Waals surface area contributed by atoms with E-state index in [9.17, 15) is 58.5 Å². The fourth-order valence-corrected chi connectivity index (χ4v) is 6.67. The van der Waals surface area contributed by atoms with Crippen LogP contribution in [0.25, 0.3) is 0 Å². The summed E-state index contributed by atoms with van der Waals surface area (Å²) in [6.07, 6.45) is -2.31. The Labute approximate surface area is 327 Å². The Balaban J connectivity index is 1.82. The molecule has 0 saturated carbocycles. The van der Waals surface area contributed by atoms with Crippen molar-refractivity contribution in [2.75, 3.05) is 13.1 Å². The van der Waals surface area contributed by atoms with Gasteiger partial charge in [0.05, 0.1) is 25.0 Å². The van der Waals surface area contributed by atoms with Crippen molar-refractivity contribution in [2.45, 2.75) is 114 Å². The first kappa shape index (κ1) is 45.6. The minimum atomic E-state index is -1.76. The zero-order valence-electron chi connectivity index (χ0n) is 31.8. The standard InChI is InChI=1S/C36H51N7O14/c1-17(2)28(40-32(52)25-7-5-13-43(25)35(55)29(18(3)44)41-30(50)21(37)15-26(46)47)33(53)38-22(14-19-8-10-20(45)11-9-19)34(54)42-12-4-6-24(42)31(51)39-23(36(56)57)16-27(48)49/h8-11,17-18,21-25,28-29,44-45H,4-7,12-16,37H2,1-3H3,(H,38,53)(H,39,51)(H,40,52)(H,41,50)(H,46,47)(H,48,49)(H,56,57)/t18-,21+,22+,23+,24+,25+,28+,29+/m1/s1. The summed E-state index contributed by atoms with van der Waals surface area (Å²) in [5.74, 6) is -10.1. The number of phenolic OH excluding ortho intramolecular Hbond substituents is 1. The van der Waals surface area contributed by atoms with Crippen LogP contribution in [0.1, 0.15) is 64.9 Å². The predicted octanol–water partition coefficient (Wildman–Crippen LogP) is -2.75. The van der Waals surface area contributed by atoms with Crippen molar-refractivity contribution in [3.8, 4) is 5.75 Å². The fourth-order valence-electron chi connectivity index (χ4n) is 6.67. The van der Waals surface area contributed by atoms with E-state index in [4.69, 9.17) is 15.9 Å². The number of benzene rings is 1. The SMILES string of the molecule is CC(C)[C@H](NC(=O)[C@@H]1CCCN1C(=O)[C@@H](NC(=O)[C@@H](N)CC(=O)O)[C@@H](C)O)C(=O)N[C@@H](Cc1ccc(O)cc1)C(=O)N1CCC[C@H]1C(=O)N[C@@H](CC(=O)O)C(=O)O. The predicted molar refractivity (Wildman–Crippen MR) is 196 cm³/mol. The molecule has 8 atom stereocenters. The number of carbonyl (C=O) groups excluding carboxylic acids is 6. The van der Waals surface area contributed by atoms with Gasteiger partial charge in [0, 0.05) is 19.5 Å². The zero-order valence-corrected chi connectivity index (χ0v) is 31.8. The number of phenols is 1. The van der Waals surface area contributed by atoms with E-state index in [0.717, 1.165) is 9.80 Å². The molecule has 2 fully saturated rings. The third kappa shape index (κ3) is 12.6. The molecule has 0 unspecified atom stereocenters. The number of carbonyl (C=O) groups is 9. The highest BCUT2D eigenvalue weighted by Gasteiger charge is 2.43. The number of aromatic hydroxyl groups is 1. The molecule has 0 radical (unpaired) electrons. The van der Waals surface area contributed by atoms with Crippen LogP contribution < -0.4 is 27.0 Å². The Bertz CT molecular complexity index is 1690. The zero-order chi connectivity index (χ0) is 42.7. The summed E-state index contributed by atoms with van der Waals surface area (Å²) in [4.78, 5) is 117. The van der Waals surface area contributed by atoms with Crippen molar-refractivity contribution in [1.29, 1.82) is 0 Å². The first-order chi connectivity index (χ1) is 26.7. The van der Waals surface area contributed by atoms with Gasteiger partial charge in [0.25, 0.3) is 0 Å². The lowest BCUT2D eigenvalue weighted by Gasteiger charge is -2.33. The monoisotopic (exact) mass is 805 g/mol. The molecule has 6 amide bonds.